The lowest BCUT2D eigenvalue weighted by molar-refractivity contribution is 0.234. The third kappa shape index (κ3) is 3.59. The first-order chi connectivity index (χ1) is 10.0. The highest BCUT2D eigenvalue weighted by Gasteiger charge is 2.19. The van der Waals surface area contributed by atoms with E-state index < -0.39 is 23.5 Å². The van der Waals surface area contributed by atoms with Gasteiger partial charge in [0.15, 0.2) is 17.5 Å². The minimum atomic E-state index is -1.52. The van der Waals surface area contributed by atoms with Gasteiger partial charge in [0.05, 0.1) is 12.6 Å². The topological polar surface area (TPSA) is 45.1 Å². The molecule has 112 valence electrons. The Morgan fingerprint density at radius 3 is 2.38 bits per heavy atom. The first-order valence-corrected chi connectivity index (χ1v) is 6.44. The Bertz CT molecular complexity index is 584. The quantitative estimate of drug-likeness (QED) is 0.834. The molecule has 21 heavy (non-hydrogen) atoms. The average Bonchev–Trinajstić information content (AvgIpc) is 2.50. The van der Waals surface area contributed by atoms with Crippen LogP contribution in [-0.4, -0.2) is 16.7 Å². The molecule has 0 saturated heterocycles. The van der Waals surface area contributed by atoms with Crippen molar-refractivity contribution in [2.45, 2.75) is 19.0 Å². The van der Waals surface area contributed by atoms with Gasteiger partial charge < -0.3 is 10.4 Å². The van der Waals surface area contributed by atoms with Crippen molar-refractivity contribution in [3.8, 4) is 0 Å². The average molecular weight is 296 g/mol. The molecular weight excluding hydrogens is 281 g/mol. The first-order valence-electron chi connectivity index (χ1n) is 6.44. The van der Waals surface area contributed by atoms with Gasteiger partial charge in [0, 0.05) is 18.4 Å². The zero-order valence-corrected chi connectivity index (χ0v) is 11.4. The van der Waals surface area contributed by atoms with E-state index in [1.807, 2.05) is 13.0 Å². The van der Waals surface area contributed by atoms with Crippen LogP contribution < -0.4 is 5.32 Å². The molecule has 0 radical (unpaired) electrons. The third-order valence-electron chi connectivity index (χ3n) is 3.23. The Kier molecular flexibility index (Phi) is 4.93. The van der Waals surface area contributed by atoms with E-state index >= 15 is 0 Å². The number of nitrogens with zero attached hydrogens (tertiary/aromatic N) is 1. The van der Waals surface area contributed by atoms with Crippen LogP contribution in [0.15, 0.2) is 36.7 Å². The number of pyridine rings is 1. The monoisotopic (exact) mass is 296 g/mol. The maximum Gasteiger partial charge on any atom is 0.194 e. The molecule has 0 fully saturated rings. The number of benzene rings is 1. The fourth-order valence-corrected chi connectivity index (χ4v) is 2.06. The van der Waals surface area contributed by atoms with Crippen molar-refractivity contribution >= 4 is 0 Å². The third-order valence-corrected chi connectivity index (χ3v) is 3.23. The molecule has 0 amide bonds. The van der Waals surface area contributed by atoms with Gasteiger partial charge in [-0.1, -0.05) is 6.07 Å². The Labute approximate surface area is 120 Å². The van der Waals surface area contributed by atoms with Crippen molar-refractivity contribution in [2.75, 3.05) is 6.61 Å². The number of hydrogen-bond donors (Lipinski definition) is 2. The van der Waals surface area contributed by atoms with Crippen LogP contribution in [0.2, 0.25) is 0 Å². The lowest BCUT2D eigenvalue weighted by Gasteiger charge is -2.22. The second-order valence-electron chi connectivity index (χ2n) is 4.71. The summed E-state index contributed by atoms with van der Waals surface area (Å²) in [4.78, 5) is 3.98. The van der Waals surface area contributed by atoms with Crippen LogP contribution in [-0.2, 0) is 0 Å². The normalized spacial score (nSPS) is 14.0. The predicted molar refractivity (Wildman–Crippen MR) is 71.9 cm³/mol. The zero-order valence-electron chi connectivity index (χ0n) is 11.4. The number of nitrogens with one attached hydrogen (secondary N) is 1. The second kappa shape index (κ2) is 6.69. The summed E-state index contributed by atoms with van der Waals surface area (Å²) in [6.45, 7) is 1.45. The van der Waals surface area contributed by atoms with Crippen molar-refractivity contribution in [1.29, 1.82) is 0 Å². The van der Waals surface area contributed by atoms with E-state index in [1.54, 1.807) is 18.5 Å². The van der Waals surface area contributed by atoms with Crippen LogP contribution >= 0.6 is 0 Å². The van der Waals surface area contributed by atoms with E-state index in [0.717, 1.165) is 17.7 Å². The number of aromatic nitrogens is 1. The van der Waals surface area contributed by atoms with Crippen molar-refractivity contribution in [2.24, 2.45) is 0 Å². The molecule has 2 rings (SSSR count). The van der Waals surface area contributed by atoms with Crippen molar-refractivity contribution in [1.82, 2.24) is 10.3 Å². The minimum Gasteiger partial charge on any atom is -0.394 e. The molecular formula is C15H15F3N2O. The van der Waals surface area contributed by atoms with Crippen LogP contribution in [0.1, 0.15) is 30.1 Å². The Balaban J connectivity index is 2.20. The fourth-order valence-electron chi connectivity index (χ4n) is 2.06. The summed E-state index contributed by atoms with van der Waals surface area (Å²) in [7, 11) is 0. The number of aliphatic hydroxyl groups excluding tert-OH is 1. The number of hydrogen-bond acceptors (Lipinski definition) is 3. The molecule has 2 atom stereocenters. The van der Waals surface area contributed by atoms with E-state index in [4.69, 9.17) is 0 Å². The molecule has 0 aliphatic carbocycles. The molecule has 0 aliphatic rings. The van der Waals surface area contributed by atoms with E-state index in [-0.39, 0.29) is 18.2 Å². The largest absolute Gasteiger partial charge is 0.394 e. The first kappa shape index (κ1) is 15.5. The highest BCUT2D eigenvalue weighted by molar-refractivity contribution is 5.24. The van der Waals surface area contributed by atoms with Crippen LogP contribution in [0.4, 0.5) is 13.2 Å². The summed E-state index contributed by atoms with van der Waals surface area (Å²) in [5.41, 5.74) is 1.00. The van der Waals surface area contributed by atoms with Gasteiger partial charge in [-0.2, -0.15) is 0 Å². The molecule has 0 saturated carbocycles. The molecule has 2 N–H and O–H groups in total. The second-order valence-corrected chi connectivity index (χ2v) is 4.71. The lowest BCUT2D eigenvalue weighted by Crippen LogP contribution is -2.27. The van der Waals surface area contributed by atoms with Crippen molar-refractivity contribution < 1.29 is 18.3 Å². The van der Waals surface area contributed by atoms with Crippen LogP contribution in [0.3, 0.4) is 0 Å². The van der Waals surface area contributed by atoms with E-state index in [1.165, 1.54) is 0 Å². The van der Waals surface area contributed by atoms with Crippen molar-refractivity contribution in [3.63, 3.8) is 0 Å². The Morgan fingerprint density at radius 1 is 1.19 bits per heavy atom. The molecule has 1 aromatic carbocycles. The van der Waals surface area contributed by atoms with E-state index in [0.29, 0.717) is 0 Å². The highest BCUT2D eigenvalue weighted by atomic mass is 19.2. The predicted octanol–water partition coefficient (Wildman–Crippen LogP) is 2.88. The molecule has 2 aromatic rings. The van der Waals surface area contributed by atoms with Crippen molar-refractivity contribution in [3.05, 3.63) is 65.2 Å². The van der Waals surface area contributed by atoms with Gasteiger partial charge in [-0.25, -0.2) is 13.2 Å². The molecule has 1 heterocycles. The number of aliphatic hydroxyl groups is 1. The molecule has 6 heteroatoms. The smallest absolute Gasteiger partial charge is 0.194 e. The van der Waals surface area contributed by atoms with Gasteiger partial charge in [0.2, 0.25) is 0 Å². The summed E-state index contributed by atoms with van der Waals surface area (Å²) in [5.74, 6) is -4.07. The van der Waals surface area contributed by atoms with Crippen LogP contribution in [0.25, 0.3) is 0 Å². The maximum atomic E-state index is 13.3. The van der Waals surface area contributed by atoms with Gasteiger partial charge in [0.1, 0.15) is 0 Å². The van der Waals surface area contributed by atoms with Gasteiger partial charge >= 0.3 is 0 Å². The summed E-state index contributed by atoms with van der Waals surface area (Å²) < 4.78 is 39.5. The maximum absolute atomic E-state index is 13.3. The SMILES string of the molecule is CC(NC(CO)c1cc(F)c(F)c(F)c1)c1cccnc1. The Morgan fingerprint density at radius 2 is 1.86 bits per heavy atom. The van der Waals surface area contributed by atoms with Gasteiger partial charge in [-0.05, 0) is 36.2 Å². The van der Waals surface area contributed by atoms with Gasteiger partial charge in [-0.3, -0.25) is 4.98 Å². The lowest BCUT2D eigenvalue weighted by atomic mass is 10.0. The molecule has 2 unspecified atom stereocenters. The molecule has 0 spiro atoms. The molecule has 0 bridgehead atoms. The molecule has 0 aliphatic heterocycles. The van der Waals surface area contributed by atoms with Crippen LogP contribution in [0, 0.1) is 17.5 Å². The summed E-state index contributed by atoms with van der Waals surface area (Å²) in [6.07, 6.45) is 3.28. The zero-order chi connectivity index (χ0) is 15.4. The number of rotatable bonds is 5. The molecule has 1 aromatic heterocycles. The highest BCUT2D eigenvalue weighted by Crippen LogP contribution is 2.22. The van der Waals surface area contributed by atoms with E-state index in [9.17, 15) is 18.3 Å². The Hall–Kier alpha value is -1.92. The number of halogens is 3. The summed E-state index contributed by atoms with van der Waals surface area (Å²) in [5, 5.41) is 12.4. The summed E-state index contributed by atoms with van der Waals surface area (Å²) >= 11 is 0. The fraction of sp³-hybridized carbons (Fsp3) is 0.267. The van der Waals surface area contributed by atoms with E-state index in [2.05, 4.69) is 10.3 Å². The molecule has 3 nitrogen and oxygen atoms in total. The summed E-state index contributed by atoms with van der Waals surface area (Å²) in [6, 6.07) is 4.44. The minimum absolute atomic E-state index is 0.143. The van der Waals surface area contributed by atoms with Crippen LogP contribution in [0.5, 0.6) is 0 Å². The van der Waals surface area contributed by atoms with Gasteiger partial charge in [-0.15, -0.1) is 0 Å². The van der Waals surface area contributed by atoms with Gasteiger partial charge in [0.25, 0.3) is 0 Å². The standard InChI is InChI=1S/C15H15F3N2O/c1-9(10-3-2-4-19-7-10)20-14(8-21)11-5-12(16)15(18)13(17)6-11/h2-7,9,14,20-21H,8H2,1H3.